The molecule has 2 saturated carbocycles. The molecule has 3 atom stereocenters. The predicted octanol–water partition coefficient (Wildman–Crippen LogP) is 4.08. The number of nitrogens with zero attached hydrogens (tertiary/aromatic N) is 7. The molecule has 0 radical (unpaired) electrons. The van der Waals surface area contributed by atoms with Crippen LogP contribution in [-0.2, 0) is 14.3 Å². The van der Waals surface area contributed by atoms with E-state index in [9.17, 15) is 9.59 Å². The van der Waals surface area contributed by atoms with Gasteiger partial charge in [0.1, 0.15) is 23.3 Å². The van der Waals surface area contributed by atoms with Crippen molar-refractivity contribution in [2.24, 2.45) is 11.3 Å². The van der Waals surface area contributed by atoms with Gasteiger partial charge >= 0.3 is 0 Å². The summed E-state index contributed by atoms with van der Waals surface area (Å²) in [7, 11) is 0. The van der Waals surface area contributed by atoms with Gasteiger partial charge in [-0.25, -0.2) is 24.9 Å². The molecule has 2 amide bonds. The van der Waals surface area contributed by atoms with E-state index >= 15 is 0 Å². The van der Waals surface area contributed by atoms with Gasteiger partial charge in [-0.05, 0) is 63.6 Å². The highest BCUT2D eigenvalue weighted by molar-refractivity contribution is 6.00. The lowest BCUT2D eigenvalue weighted by Gasteiger charge is -2.36. The topological polar surface area (TPSA) is 140 Å². The van der Waals surface area contributed by atoms with E-state index in [1.165, 1.54) is 18.4 Å². The fourth-order valence-corrected chi connectivity index (χ4v) is 6.50. The number of pyridine rings is 1. The molecule has 12 heteroatoms. The van der Waals surface area contributed by atoms with E-state index in [1.54, 1.807) is 19.2 Å². The quantitative estimate of drug-likeness (QED) is 0.309. The molecule has 0 unspecified atom stereocenters. The number of hydrogen-bond donors (Lipinski definition) is 2. The molecule has 6 heterocycles. The summed E-state index contributed by atoms with van der Waals surface area (Å²) in [5.74, 6) is 2.71. The predicted molar refractivity (Wildman–Crippen MR) is 162 cm³/mol. The van der Waals surface area contributed by atoms with Crippen LogP contribution in [-0.4, -0.2) is 60.9 Å². The summed E-state index contributed by atoms with van der Waals surface area (Å²) in [6.45, 7) is 7.69. The van der Waals surface area contributed by atoms with Crippen LogP contribution in [0.5, 0.6) is 0 Å². The van der Waals surface area contributed by atoms with Crippen LogP contribution in [0.4, 0.5) is 17.3 Å². The standard InChI is InChI=1S/C32H35N9O3/c1-17-6-7-33-29(34-17)22-9-23(22)31(43)39-27-10-26(36-19(3)37-27)35-18(2)24-13-40-12-21(20-4-5-20)8-25(30(40)38-24)41-14-32(11-28(41)42)15-44-16-32/h6-8,10,12-13,18,20,22-23H,4-5,9,11,14-16H2,1-3H3,(H2,35,36,37,39,43)/t18-,22+,23+/m1/s1. The van der Waals surface area contributed by atoms with Crippen LogP contribution in [0, 0.1) is 25.2 Å². The molecule has 4 aromatic rings. The lowest BCUT2D eigenvalue weighted by Crippen LogP contribution is -2.44. The Labute approximate surface area is 254 Å². The van der Waals surface area contributed by atoms with Crippen LogP contribution in [0.1, 0.15) is 79.1 Å². The van der Waals surface area contributed by atoms with Crippen molar-refractivity contribution in [1.29, 1.82) is 0 Å². The van der Waals surface area contributed by atoms with Crippen molar-refractivity contribution in [2.75, 3.05) is 35.3 Å². The molecule has 44 heavy (non-hydrogen) atoms. The van der Waals surface area contributed by atoms with Crippen LogP contribution >= 0.6 is 0 Å². The van der Waals surface area contributed by atoms with Gasteiger partial charge in [-0.3, -0.25) is 9.59 Å². The summed E-state index contributed by atoms with van der Waals surface area (Å²) in [4.78, 5) is 51.0. The second-order valence-corrected chi connectivity index (χ2v) is 13.0. The van der Waals surface area contributed by atoms with Gasteiger partial charge < -0.3 is 24.7 Å². The van der Waals surface area contributed by atoms with Crippen LogP contribution in [0.15, 0.2) is 36.8 Å². The number of fused-ring (bicyclic) bond motifs is 1. The van der Waals surface area contributed by atoms with Crippen LogP contribution < -0.4 is 15.5 Å². The molecule has 2 saturated heterocycles. The molecule has 1 spiro atoms. The van der Waals surface area contributed by atoms with Gasteiger partial charge in [0.15, 0.2) is 5.65 Å². The number of ether oxygens (including phenoxy) is 1. The minimum absolute atomic E-state index is 0.0271. The summed E-state index contributed by atoms with van der Waals surface area (Å²) in [5.41, 5.74) is 4.54. The lowest BCUT2D eigenvalue weighted by atomic mass is 9.85. The summed E-state index contributed by atoms with van der Waals surface area (Å²) in [6, 6.07) is 5.57. The van der Waals surface area contributed by atoms with Crippen LogP contribution in [0.3, 0.4) is 0 Å². The number of anilines is 3. The second kappa shape index (κ2) is 10.0. The van der Waals surface area contributed by atoms with Gasteiger partial charge in [-0.2, -0.15) is 0 Å². The van der Waals surface area contributed by atoms with Gasteiger partial charge in [0, 0.05) is 60.6 Å². The van der Waals surface area contributed by atoms with Crippen molar-refractivity contribution in [3.63, 3.8) is 0 Å². The first kappa shape index (κ1) is 27.1. The van der Waals surface area contributed by atoms with Crippen molar-refractivity contribution >= 4 is 34.8 Å². The molecule has 4 fully saturated rings. The minimum atomic E-state index is -0.197. The number of hydrogen-bond acceptors (Lipinski definition) is 9. The second-order valence-electron chi connectivity index (χ2n) is 13.0. The number of aryl methyl sites for hydroxylation is 2. The number of carbonyl (C=O) groups excluding carboxylic acids is 2. The van der Waals surface area contributed by atoms with Crippen molar-refractivity contribution in [3.05, 3.63) is 65.4 Å². The number of nitrogens with one attached hydrogen (secondary N) is 2. The van der Waals surface area contributed by atoms with Gasteiger partial charge in [0.2, 0.25) is 11.8 Å². The highest BCUT2D eigenvalue weighted by Crippen LogP contribution is 2.47. The normalized spacial score (nSPS) is 22.7. The summed E-state index contributed by atoms with van der Waals surface area (Å²) in [6.07, 6.45) is 9.50. The van der Waals surface area contributed by atoms with E-state index in [0.717, 1.165) is 29.1 Å². The number of carbonyl (C=O) groups is 2. The largest absolute Gasteiger partial charge is 0.380 e. The number of rotatable bonds is 8. The molecule has 0 aromatic carbocycles. The zero-order valence-electron chi connectivity index (χ0n) is 25.1. The molecule has 0 bridgehead atoms. The Morgan fingerprint density at radius 2 is 1.91 bits per heavy atom. The Bertz CT molecular complexity index is 1810. The van der Waals surface area contributed by atoms with Gasteiger partial charge in [0.05, 0.1) is 30.6 Å². The molecule has 226 valence electrons. The monoisotopic (exact) mass is 593 g/mol. The molecule has 2 aliphatic heterocycles. The molecule has 4 aliphatic rings. The van der Waals surface area contributed by atoms with E-state index in [1.807, 2.05) is 31.0 Å². The van der Waals surface area contributed by atoms with Crippen molar-refractivity contribution < 1.29 is 14.3 Å². The zero-order valence-corrected chi connectivity index (χ0v) is 25.1. The minimum Gasteiger partial charge on any atom is -0.380 e. The first-order chi connectivity index (χ1) is 21.2. The van der Waals surface area contributed by atoms with Crippen LogP contribution in [0.2, 0.25) is 0 Å². The summed E-state index contributed by atoms with van der Waals surface area (Å²) >= 11 is 0. The Balaban J connectivity index is 1.01. The average molecular weight is 594 g/mol. The maximum Gasteiger partial charge on any atom is 0.229 e. The third-order valence-electron chi connectivity index (χ3n) is 9.22. The summed E-state index contributed by atoms with van der Waals surface area (Å²) < 4.78 is 7.54. The highest BCUT2D eigenvalue weighted by Gasteiger charge is 2.50. The van der Waals surface area contributed by atoms with Gasteiger partial charge in [-0.15, -0.1) is 0 Å². The Hall–Kier alpha value is -4.45. The SMILES string of the molecule is Cc1ccnc([C@H]2C[C@@H]2C(=O)Nc2cc(N[C@H](C)c3cn4cc(C5CC5)cc(N5CC6(COC6)CC5=O)c4n3)nc(C)n2)n1. The Morgan fingerprint density at radius 1 is 1.09 bits per heavy atom. The Morgan fingerprint density at radius 3 is 2.64 bits per heavy atom. The maximum absolute atomic E-state index is 13.2. The van der Waals surface area contributed by atoms with E-state index in [2.05, 4.69) is 47.2 Å². The fourth-order valence-electron chi connectivity index (χ4n) is 6.50. The molecular weight excluding hydrogens is 558 g/mol. The first-order valence-corrected chi connectivity index (χ1v) is 15.4. The van der Waals surface area contributed by atoms with E-state index in [0.29, 0.717) is 55.4 Å². The molecule has 4 aromatic heterocycles. The van der Waals surface area contributed by atoms with Crippen molar-refractivity contribution in [3.8, 4) is 0 Å². The van der Waals surface area contributed by atoms with E-state index in [4.69, 9.17) is 9.72 Å². The number of aromatic nitrogens is 6. The van der Waals surface area contributed by atoms with E-state index < -0.39 is 0 Å². The van der Waals surface area contributed by atoms with Crippen molar-refractivity contribution in [1.82, 2.24) is 29.3 Å². The molecule has 12 nitrogen and oxygen atoms in total. The number of imidazole rings is 1. The third-order valence-corrected chi connectivity index (χ3v) is 9.22. The smallest absolute Gasteiger partial charge is 0.229 e. The zero-order chi connectivity index (χ0) is 30.2. The van der Waals surface area contributed by atoms with Crippen molar-refractivity contribution in [2.45, 2.75) is 64.3 Å². The van der Waals surface area contributed by atoms with Gasteiger partial charge in [0.25, 0.3) is 0 Å². The lowest BCUT2D eigenvalue weighted by molar-refractivity contribution is -0.126. The van der Waals surface area contributed by atoms with E-state index in [-0.39, 0.29) is 35.1 Å². The number of amides is 2. The molecule has 2 N–H and O–H groups in total. The molecule has 8 rings (SSSR count). The fraction of sp³-hybridized carbons (Fsp3) is 0.469. The van der Waals surface area contributed by atoms with Gasteiger partial charge in [-0.1, -0.05) is 0 Å². The first-order valence-electron chi connectivity index (χ1n) is 15.4. The maximum atomic E-state index is 13.2. The summed E-state index contributed by atoms with van der Waals surface area (Å²) in [5, 5.41) is 6.41. The molecule has 2 aliphatic carbocycles. The third kappa shape index (κ3) is 4.96. The molecular formula is C32H35N9O3. The average Bonchev–Trinajstić information content (AvgIpc) is 3.89. The Kier molecular flexibility index (Phi) is 6.19. The highest BCUT2D eigenvalue weighted by atomic mass is 16.5. The van der Waals surface area contributed by atoms with Crippen LogP contribution in [0.25, 0.3) is 5.65 Å².